The zero-order valence-corrected chi connectivity index (χ0v) is 30.5. The van der Waals surface area contributed by atoms with Crippen LogP contribution in [0.1, 0.15) is 0 Å². The fourth-order valence-electron chi connectivity index (χ4n) is 6.17. The first-order valence-electron chi connectivity index (χ1n) is 15.0. The van der Waals surface area contributed by atoms with Gasteiger partial charge in [-0.1, -0.05) is 0 Å². The lowest BCUT2D eigenvalue weighted by Crippen LogP contribution is -2.07. The van der Waals surface area contributed by atoms with Gasteiger partial charge in [0.05, 0.1) is 41.5 Å². The Hall–Kier alpha value is -5.74. The lowest BCUT2D eigenvalue weighted by molar-refractivity contribution is 0.366. The van der Waals surface area contributed by atoms with Crippen LogP contribution in [-0.2, 0) is 40.5 Å². The topological polar surface area (TPSA) is 254 Å². The minimum absolute atomic E-state index is 0.466. The largest absolute Gasteiger partial charge is 0.449 e. The van der Waals surface area contributed by atoms with Crippen molar-refractivity contribution < 1.29 is 97.2 Å². The van der Waals surface area contributed by atoms with Gasteiger partial charge in [-0.25, -0.2) is 17.6 Å². The van der Waals surface area contributed by atoms with Crippen molar-refractivity contribution in [1.29, 1.82) is 0 Å². The van der Waals surface area contributed by atoms with Crippen molar-refractivity contribution in [3.05, 3.63) is 83.4 Å². The Balaban J connectivity index is 1.39. The summed E-state index contributed by atoms with van der Waals surface area (Å²) in [6, 6.07) is 4.35. The van der Waals surface area contributed by atoms with Crippen molar-refractivity contribution in [2.45, 2.75) is 19.6 Å². The maximum absolute atomic E-state index is 16.6. The van der Waals surface area contributed by atoms with Crippen molar-refractivity contribution in [3.8, 4) is 57.1 Å². The van der Waals surface area contributed by atoms with Gasteiger partial charge in [0.25, 0.3) is 40.5 Å². The van der Waals surface area contributed by atoms with Gasteiger partial charge in [0, 0.05) is 24.3 Å². The summed E-state index contributed by atoms with van der Waals surface area (Å²) in [7, 11) is -20.8. The molecule has 0 amide bonds. The molecular formula is C32H12F6O16S4. The van der Waals surface area contributed by atoms with Crippen molar-refractivity contribution in [2.24, 2.45) is 0 Å². The second-order valence-corrected chi connectivity index (χ2v) is 17.8. The fourth-order valence-corrected chi connectivity index (χ4v) is 8.29. The third kappa shape index (κ3) is 6.03. The maximum Gasteiger partial charge on any atom is 0.294 e. The van der Waals surface area contributed by atoms with Crippen LogP contribution in [0.15, 0.2) is 68.1 Å². The molecule has 0 spiro atoms. The van der Waals surface area contributed by atoms with E-state index in [-0.39, 0.29) is 0 Å². The predicted octanol–water partition coefficient (Wildman–Crippen LogP) is 7.28. The van der Waals surface area contributed by atoms with Crippen LogP contribution >= 0.6 is 0 Å². The molecule has 4 N–H and O–H groups in total. The number of rotatable bonds is 5. The molecule has 16 nitrogen and oxygen atoms in total. The molecule has 2 aliphatic rings. The molecule has 0 saturated carbocycles. The summed E-state index contributed by atoms with van der Waals surface area (Å²) in [5, 5.41) is -2.15. The highest BCUT2D eigenvalue weighted by molar-refractivity contribution is 7.86. The molecule has 8 rings (SSSR count). The first kappa shape index (κ1) is 39.1. The molecular weight excluding hydrogens is 883 g/mol. The van der Waals surface area contributed by atoms with Crippen LogP contribution in [-0.4, -0.2) is 51.9 Å². The minimum atomic E-state index is -5.23. The lowest BCUT2D eigenvalue weighted by Gasteiger charge is -2.18. The Morgan fingerprint density at radius 2 is 0.569 bits per heavy atom. The summed E-state index contributed by atoms with van der Waals surface area (Å²) in [5.41, 5.74) is -4.22. The molecule has 302 valence electrons. The van der Waals surface area contributed by atoms with E-state index in [0.29, 0.717) is 48.5 Å². The molecule has 0 radical (unpaired) electrons. The van der Waals surface area contributed by atoms with Crippen LogP contribution in [0.3, 0.4) is 0 Å². The standard InChI is InChI=1S/C32H12F6O16S4/c33-23-21(25(35)29-31(27(23)37)53-17-7-13(57(45,46)47)3-9-1-11(55(39,40)41)5-15(51-29)19(9)17)22-24(34)28(38)32-30(26(22)36)52-16-6-12(56(42,43)44)2-10-4-14(58(48,49)50)8-18(54-32)20(10)16/h1-8H,(H,39,40,41)(H,42,43,44)(H,45,46,47)(H,48,49,50). The van der Waals surface area contributed by atoms with E-state index >= 15 is 26.3 Å². The number of ether oxygens (including phenoxy) is 4. The van der Waals surface area contributed by atoms with Crippen LogP contribution in [0.2, 0.25) is 0 Å². The van der Waals surface area contributed by atoms with Gasteiger partial charge in [-0.3, -0.25) is 18.2 Å². The van der Waals surface area contributed by atoms with E-state index in [0.717, 1.165) is 0 Å². The Labute approximate surface area is 318 Å². The third-order valence-corrected chi connectivity index (χ3v) is 11.9. The zero-order valence-electron chi connectivity index (χ0n) is 27.2. The SMILES string of the molecule is O=S(=O)(O)c1cc2c3c(cc(S(=O)(=O)O)cc3c1)Oc1c(F)c(-c3c(F)c(F)c4c(c3F)Oc3cc(S(=O)(=O)O)cc5cc(S(=O)(=O)O)cc(c35)O4)c(F)c(F)c1O2. The Bertz CT molecular complexity index is 3180. The highest BCUT2D eigenvalue weighted by Gasteiger charge is 2.40. The molecule has 0 saturated heterocycles. The van der Waals surface area contributed by atoms with E-state index in [1.165, 1.54) is 0 Å². The van der Waals surface area contributed by atoms with E-state index in [1.807, 2.05) is 0 Å². The Kier molecular flexibility index (Phi) is 8.35. The van der Waals surface area contributed by atoms with Gasteiger partial charge in [-0.05, 0) is 35.0 Å². The van der Waals surface area contributed by atoms with Gasteiger partial charge >= 0.3 is 0 Å². The summed E-state index contributed by atoms with van der Waals surface area (Å²) < 4.78 is 253. The van der Waals surface area contributed by atoms with Crippen LogP contribution in [0, 0.1) is 34.9 Å². The second kappa shape index (κ2) is 12.4. The van der Waals surface area contributed by atoms with E-state index in [1.54, 1.807) is 0 Å². The van der Waals surface area contributed by atoms with Crippen LogP contribution < -0.4 is 18.9 Å². The Morgan fingerprint density at radius 3 is 0.793 bits per heavy atom. The van der Waals surface area contributed by atoms with Crippen LogP contribution in [0.25, 0.3) is 32.7 Å². The molecule has 0 aliphatic carbocycles. The fraction of sp³-hybridized carbons (Fsp3) is 0. The highest BCUT2D eigenvalue weighted by Crippen LogP contribution is 2.56. The molecule has 0 unspecified atom stereocenters. The molecule has 0 atom stereocenters. The molecule has 2 heterocycles. The van der Waals surface area contributed by atoms with E-state index in [4.69, 9.17) is 18.9 Å². The van der Waals surface area contributed by atoms with E-state index in [9.17, 15) is 51.9 Å². The second-order valence-electron chi connectivity index (χ2n) is 12.1. The van der Waals surface area contributed by atoms with Gasteiger partial charge in [0.1, 0.15) is 23.0 Å². The maximum atomic E-state index is 16.6. The molecule has 58 heavy (non-hydrogen) atoms. The van der Waals surface area contributed by atoms with Gasteiger partial charge < -0.3 is 18.9 Å². The quantitative estimate of drug-likeness (QED) is 0.0752. The number of hydrogen-bond acceptors (Lipinski definition) is 12. The molecule has 0 fully saturated rings. The molecule has 2 aliphatic heterocycles. The van der Waals surface area contributed by atoms with Crippen molar-refractivity contribution in [2.75, 3.05) is 0 Å². The monoisotopic (exact) mass is 894 g/mol. The summed E-state index contributed by atoms with van der Waals surface area (Å²) >= 11 is 0. The predicted molar refractivity (Wildman–Crippen MR) is 179 cm³/mol. The molecule has 6 aromatic rings. The molecule has 0 bridgehead atoms. The van der Waals surface area contributed by atoms with Gasteiger partial charge in [0.15, 0.2) is 23.3 Å². The van der Waals surface area contributed by atoms with Gasteiger partial charge in [-0.15, -0.1) is 0 Å². The van der Waals surface area contributed by atoms with Gasteiger partial charge in [-0.2, -0.15) is 42.5 Å². The average molecular weight is 895 g/mol. The minimum Gasteiger partial charge on any atom is -0.449 e. The van der Waals surface area contributed by atoms with Crippen LogP contribution in [0.5, 0.6) is 46.0 Å². The first-order chi connectivity index (χ1) is 26.8. The molecule has 6 aromatic carbocycles. The number of hydrogen-bond donors (Lipinski definition) is 4. The summed E-state index contributed by atoms with van der Waals surface area (Å²) in [6.07, 6.45) is 0. The van der Waals surface area contributed by atoms with Gasteiger partial charge in [0.2, 0.25) is 34.6 Å². The molecule has 26 heteroatoms. The lowest BCUT2D eigenvalue weighted by atomic mass is 10.00. The summed E-state index contributed by atoms with van der Waals surface area (Å²) in [5.74, 6) is -24.6. The zero-order chi connectivity index (χ0) is 42.3. The number of benzene rings is 6. The number of halogens is 6. The van der Waals surface area contributed by atoms with E-state index < -0.39 is 174 Å². The highest BCUT2D eigenvalue weighted by atomic mass is 32.2. The first-order valence-corrected chi connectivity index (χ1v) is 20.8. The van der Waals surface area contributed by atoms with Crippen molar-refractivity contribution >= 4 is 62.0 Å². The summed E-state index contributed by atoms with van der Waals surface area (Å²) in [6.45, 7) is 0. The van der Waals surface area contributed by atoms with Crippen LogP contribution in [0.4, 0.5) is 26.3 Å². The third-order valence-electron chi connectivity index (χ3n) is 8.61. The normalized spacial score (nSPS) is 13.8. The van der Waals surface area contributed by atoms with E-state index in [2.05, 4.69) is 0 Å². The van der Waals surface area contributed by atoms with Crippen molar-refractivity contribution in [1.82, 2.24) is 0 Å². The Morgan fingerprint density at radius 1 is 0.345 bits per heavy atom. The average Bonchev–Trinajstić information content (AvgIpc) is 3.39. The molecule has 0 aromatic heterocycles. The number of fused-ring (bicyclic) bond motifs is 2. The van der Waals surface area contributed by atoms with Crippen molar-refractivity contribution in [3.63, 3.8) is 0 Å². The summed E-state index contributed by atoms with van der Waals surface area (Å²) in [4.78, 5) is -4.28. The smallest absolute Gasteiger partial charge is 0.294 e.